The third-order valence-corrected chi connectivity index (χ3v) is 4.13. The van der Waals surface area contributed by atoms with Gasteiger partial charge in [0.05, 0.1) is 16.4 Å². The highest BCUT2D eigenvalue weighted by atomic mass is 16.2. The number of hydrogen-bond donors (Lipinski definition) is 4. The van der Waals surface area contributed by atoms with Crippen molar-refractivity contribution >= 4 is 28.5 Å². The third-order valence-electron chi connectivity index (χ3n) is 4.13. The van der Waals surface area contributed by atoms with Crippen molar-refractivity contribution in [2.75, 3.05) is 5.32 Å². The Morgan fingerprint density at radius 2 is 2.09 bits per heavy atom. The molecule has 5 N–H and O–H groups in total. The Morgan fingerprint density at radius 3 is 2.83 bits per heavy atom. The highest BCUT2D eigenvalue weighted by molar-refractivity contribution is 6.07. The number of nitrogens with one attached hydrogen (secondary N) is 3. The molecule has 9 heteroatoms. The van der Waals surface area contributed by atoms with E-state index in [1.807, 2.05) is 26.0 Å². The van der Waals surface area contributed by atoms with E-state index in [0.29, 0.717) is 17.0 Å². The zero-order chi connectivity index (χ0) is 16.4. The summed E-state index contributed by atoms with van der Waals surface area (Å²) < 4.78 is 0. The first-order valence-electron chi connectivity index (χ1n) is 6.95. The average molecular weight is 311 g/mol. The predicted molar refractivity (Wildman–Crippen MR) is 81.6 cm³/mol. The lowest BCUT2D eigenvalue weighted by molar-refractivity contribution is -0.119. The van der Waals surface area contributed by atoms with Crippen molar-refractivity contribution in [2.24, 2.45) is 5.73 Å². The Hall–Kier alpha value is -3.23. The molecule has 3 aromatic rings. The molecule has 3 heterocycles. The van der Waals surface area contributed by atoms with E-state index in [9.17, 15) is 9.59 Å². The van der Waals surface area contributed by atoms with Crippen molar-refractivity contribution in [1.82, 2.24) is 25.4 Å². The maximum atomic E-state index is 12.0. The molecule has 2 amide bonds. The zero-order valence-corrected chi connectivity index (χ0v) is 12.4. The van der Waals surface area contributed by atoms with E-state index in [1.54, 1.807) is 0 Å². The largest absolute Gasteiger partial charge is 0.364 e. The van der Waals surface area contributed by atoms with Gasteiger partial charge in [-0.1, -0.05) is 5.21 Å². The fourth-order valence-electron chi connectivity index (χ4n) is 2.76. The summed E-state index contributed by atoms with van der Waals surface area (Å²) in [4.78, 5) is 30.9. The maximum absolute atomic E-state index is 12.0. The Labute approximate surface area is 129 Å². The van der Waals surface area contributed by atoms with Crippen LogP contribution in [0, 0.1) is 0 Å². The molecule has 4 rings (SSSR count). The minimum Gasteiger partial charge on any atom is -0.364 e. The highest BCUT2D eigenvalue weighted by Gasteiger charge is 2.38. The van der Waals surface area contributed by atoms with Gasteiger partial charge in [0.1, 0.15) is 5.69 Å². The molecule has 116 valence electrons. The number of H-pyrrole nitrogens is 2. The third kappa shape index (κ3) is 1.76. The van der Waals surface area contributed by atoms with Crippen LogP contribution in [0.5, 0.6) is 0 Å². The summed E-state index contributed by atoms with van der Waals surface area (Å²) in [5.41, 5.74) is 8.03. The van der Waals surface area contributed by atoms with Gasteiger partial charge in [-0.15, -0.1) is 5.10 Å². The molecule has 0 unspecified atom stereocenters. The van der Waals surface area contributed by atoms with Gasteiger partial charge < -0.3 is 16.0 Å². The van der Waals surface area contributed by atoms with Crippen molar-refractivity contribution in [2.45, 2.75) is 19.3 Å². The van der Waals surface area contributed by atoms with Crippen molar-refractivity contribution in [3.8, 4) is 11.5 Å². The van der Waals surface area contributed by atoms with Gasteiger partial charge in [-0.2, -0.15) is 0 Å². The van der Waals surface area contributed by atoms with E-state index < -0.39 is 11.3 Å². The number of carbonyl (C=O) groups excluding carboxylic acids is 2. The fourth-order valence-corrected chi connectivity index (χ4v) is 2.76. The first-order valence-corrected chi connectivity index (χ1v) is 6.95. The molecular weight excluding hydrogens is 298 g/mol. The smallest absolute Gasteiger partial charge is 0.271 e. The lowest BCUT2D eigenvalue weighted by atomic mass is 9.86. The molecule has 0 aliphatic carbocycles. The number of anilines is 1. The molecular formula is C14H13N7O2. The molecule has 2 aromatic heterocycles. The lowest BCUT2D eigenvalue weighted by Crippen LogP contribution is -2.26. The molecule has 0 saturated heterocycles. The zero-order valence-electron chi connectivity index (χ0n) is 12.4. The summed E-state index contributed by atoms with van der Waals surface area (Å²) >= 11 is 0. The summed E-state index contributed by atoms with van der Waals surface area (Å²) in [6.45, 7) is 3.72. The van der Waals surface area contributed by atoms with Gasteiger partial charge in [0.2, 0.25) is 5.91 Å². The van der Waals surface area contributed by atoms with Gasteiger partial charge in [0, 0.05) is 5.69 Å². The minimum atomic E-state index is -0.690. The van der Waals surface area contributed by atoms with Crippen LogP contribution in [0.4, 0.5) is 5.69 Å². The van der Waals surface area contributed by atoms with E-state index in [1.165, 1.54) is 0 Å². The van der Waals surface area contributed by atoms with Crippen LogP contribution in [0.3, 0.4) is 0 Å². The second-order valence-corrected chi connectivity index (χ2v) is 5.98. The van der Waals surface area contributed by atoms with E-state index in [4.69, 9.17) is 5.73 Å². The molecule has 9 nitrogen and oxygen atoms in total. The molecule has 23 heavy (non-hydrogen) atoms. The average Bonchev–Trinajstić information content (AvgIpc) is 3.15. The van der Waals surface area contributed by atoms with Gasteiger partial charge >= 0.3 is 0 Å². The van der Waals surface area contributed by atoms with Crippen LogP contribution in [-0.4, -0.2) is 37.2 Å². The van der Waals surface area contributed by atoms with Gasteiger partial charge in [0.25, 0.3) is 5.91 Å². The molecule has 0 fully saturated rings. The fraction of sp³-hybridized carbons (Fsp3) is 0.214. The molecule has 0 radical (unpaired) electrons. The highest BCUT2D eigenvalue weighted by Crippen LogP contribution is 2.39. The van der Waals surface area contributed by atoms with Gasteiger partial charge in [0.15, 0.2) is 11.5 Å². The molecule has 0 saturated carbocycles. The predicted octanol–water partition coefficient (Wildman–Crippen LogP) is 0.677. The number of aromatic nitrogens is 5. The van der Waals surface area contributed by atoms with Crippen molar-refractivity contribution in [3.63, 3.8) is 0 Å². The second-order valence-electron chi connectivity index (χ2n) is 5.98. The Morgan fingerprint density at radius 1 is 1.30 bits per heavy atom. The number of aromatic amines is 2. The normalized spacial score (nSPS) is 15.7. The number of fused-ring (bicyclic) bond motifs is 2. The molecule has 1 aliphatic rings. The summed E-state index contributed by atoms with van der Waals surface area (Å²) in [5.74, 6) is -0.328. The SMILES string of the molecule is CC1(C)C(=O)Nc2cc3[nH]c(-c4[nH]nnc4C(N)=O)nc3cc21. The van der Waals surface area contributed by atoms with Crippen molar-refractivity contribution < 1.29 is 9.59 Å². The lowest BCUT2D eigenvalue weighted by Gasteiger charge is -2.14. The first-order chi connectivity index (χ1) is 10.9. The Kier molecular flexibility index (Phi) is 2.43. The van der Waals surface area contributed by atoms with E-state index in [-0.39, 0.29) is 11.6 Å². The maximum Gasteiger partial charge on any atom is 0.271 e. The number of benzene rings is 1. The topological polar surface area (TPSA) is 142 Å². The van der Waals surface area contributed by atoms with E-state index >= 15 is 0 Å². The van der Waals surface area contributed by atoms with E-state index in [2.05, 4.69) is 30.7 Å². The number of carbonyl (C=O) groups is 2. The van der Waals surface area contributed by atoms with Crippen LogP contribution in [-0.2, 0) is 10.2 Å². The quantitative estimate of drug-likeness (QED) is 0.550. The number of imidazole rings is 1. The molecule has 0 atom stereocenters. The van der Waals surface area contributed by atoms with Crippen LogP contribution in [0.1, 0.15) is 29.9 Å². The number of rotatable bonds is 2. The number of hydrogen-bond acceptors (Lipinski definition) is 5. The summed E-state index contributed by atoms with van der Waals surface area (Å²) in [6.07, 6.45) is 0. The van der Waals surface area contributed by atoms with Crippen LogP contribution in [0.25, 0.3) is 22.6 Å². The summed E-state index contributed by atoms with van der Waals surface area (Å²) in [5, 5.41) is 12.7. The number of amides is 2. The summed E-state index contributed by atoms with van der Waals surface area (Å²) in [6, 6.07) is 3.68. The Balaban J connectivity index is 1.89. The van der Waals surface area contributed by atoms with Crippen LogP contribution in [0.2, 0.25) is 0 Å². The molecule has 0 bridgehead atoms. The van der Waals surface area contributed by atoms with E-state index in [0.717, 1.165) is 16.8 Å². The molecule has 0 spiro atoms. The number of nitrogens with zero attached hydrogens (tertiary/aromatic N) is 3. The molecule has 1 aromatic carbocycles. The molecule has 1 aliphatic heterocycles. The summed E-state index contributed by atoms with van der Waals surface area (Å²) in [7, 11) is 0. The van der Waals surface area contributed by atoms with Gasteiger partial charge in [-0.05, 0) is 31.5 Å². The van der Waals surface area contributed by atoms with Crippen LogP contribution >= 0.6 is 0 Å². The van der Waals surface area contributed by atoms with Crippen LogP contribution < -0.4 is 11.1 Å². The number of primary amides is 1. The minimum absolute atomic E-state index is 0.0187. The standard InChI is InChI=1S/C14H13N7O2/c1-14(2)5-3-7-8(4-6(5)18-13(14)23)17-12(16-7)10-9(11(15)22)19-21-20-10/h3-4H,1-2H3,(H2,15,22)(H,16,17)(H,18,23)(H,19,20,21). The first kappa shape index (κ1) is 13.4. The van der Waals surface area contributed by atoms with Gasteiger partial charge in [-0.25, -0.2) is 4.98 Å². The second kappa shape index (κ2) is 4.15. The van der Waals surface area contributed by atoms with Crippen molar-refractivity contribution in [1.29, 1.82) is 0 Å². The van der Waals surface area contributed by atoms with Crippen LogP contribution in [0.15, 0.2) is 12.1 Å². The monoisotopic (exact) mass is 311 g/mol. The van der Waals surface area contributed by atoms with Crippen molar-refractivity contribution in [3.05, 3.63) is 23.4 Å². The number of nitrogens with two attached hydrogens (primary N) is 1. The van der Waals surface area contributed by atoms with Gasteiger partial charge in [-0.3, -0.25) is 14.7 Å². The Bertz CT molecular complexity index is 982.